The lowest BCUT2D eigenvalue weighted by atomic mass is 9.53. The Hall–Kier alpha value is -2.07. The number of fused-ring (bicyclic) bond motifs is 1. The molecule has 1 nitrogen and oxygen atoms in total. The zero-order chi connectivity index (χ0) is 13.0. The Morgan fingerprint density at radius 1 is 0.947 bits per heavy atom. The molecule has 0 amide bonds. The molecule has 1 unspecified atom stereocenters. The highest BCUT2D eigenvalue weighted by atomic mass is 14.5. The minimum atomic E-state index is -0.270. The van der Waals surface area contributed by atoms with Gasteiger partial charge in [0.05, 0.1) is 11.5 Å². The van der Waals surface area contributed by atoms with Crippen LogP contribution in [0.25, 0.3) is 0 Å². The van der Waals surface area contributed by atoms with Crippen LogP contribution < -0.4 is 0 Å². The first-order valence-electron chi connectivity index (χ1n) is 6.83. The van der Waals surface area contributed by atoms with E-state index in [2.05, 4.69) is 61.5 Å². The summed E-state index contributed by atoms with van der Waals surface area (Å²) >= 11 is 0. The van der Waals surface area contributed by atoms with Crippen molar-refractivity contribution in [3.63, 3.8) is 0 Å². The van der Waals surface area contributed by atoms with Crippen LogP contribution in [0.3, 0.4) is 0 Å². The summed E-state index contributed by atoms with van der Waals surface area (Å²) in [7, 11) is 0. The van der Waals surface area contributed by atoms with Gasteiger partial charge in [0, 0.05) is 11.8 Å². The van der Waals surface area contributed by atoms with Crippen LogP contribution in [0.2, 0.25) is 0 Å². The summed E-state index contributed by atoms with van der Waals surface area (Å²) < 4.78 is 0. The van der Waals surface area contributed by atoms with Crippen LogP contribution in [-0.4, -0.2) is 0 Å². The van der Waals surface area contributed by atoms with Gasteiger partial charge in [0.1, 0.15) is 0 Å². The van der Waals surface area contributed by atoms with E-state index >= 15 is 0 Å². The Labute approximate surface area is 113 Å². The predicted molar refractivity (Wildman–Crippen MR) is 74.9 cm³/mol. The van der Waals surface area contributed by atoms with Gasteiger partial charge in [-0.05, 0) is 35.6 Å². The summed E-state index contributed by atoms with van der Waals surface area (Å²) in [4.78, 5) is 0. The molecule has 92 valence electrons. The molecule has 19 heavy (non-hydrogen) atoms. The van der Waals surface area contributed by atoms with Crippen LogP contribution >= 0.6 is 0 Å². The zero-order valence-electron chi connectivity index (χ0n) is 10.9. The first kappa shape index (κ1) is 10.8. The molecular formula is C18H15N. The number of hydrogen-bond acceptors (Lipinski definition) is 1. The Morgan fingerprint density at radius 3 is 1.89 bits per heavy atom. The average Bonchev–Trinajstić information content (AvgIpc) is 2.47. The standard InChI is InChI=1S/C18H15N/c1-18(11-19)10-16-12-6-2-4-8-14(12)17(18)15-9-5-3-7-13(15)16/h2-9,16-17H,10H2,1H3. The van der Waals surface area contributed by atoms with E-state index in [-0.39, 0.29) is 11.3 Å². The van der Waals surface area contributed by atoms with Crippen molar-refractivity contribution >= 4 is 0 Å². The normalized spacial score (nSPS) is 30.3. The first-order valence-corrected chi connectivity index (χ1v) is 6.83. The molecule has 0 heterocycles. The predicted octanol–water partition coefficient (Wildman–Crippen LogP) is 4.20. The summed E-state index contributed by atoms with van der Waals surface area (Å²) in [6, 6.07) is 19.9. The number of benzene rings is 2. The molecule has 1 atom stereocenters. The van der Waals surface area contributed by atoms with Crippen LogP contribution in [0.5, 0.6) is 0 Å². The van der Waals surface area contributed by atoms with Crippen molar-refractivity contribution in [1.82, 2.24) is 0 Å². The molecule has 2 aromatic rings. The van der Waals surface area contributed by atoms with Crippen molar-refractivity contribution in [1.29, 1.82) is 5.26 Å². The van der Waals surface area contributed by atoms with Gasteiger partial charge >= 0.3 is 0 Å². The summed E-state index contributed by atoms with van der Waals surface area (Å²) in [6.45, 7) is 2.12. The van der Waals surface area contributed by atoms with Crippen LogP contribution in [0.4, 0.5) is 0 Å². The molecule has 0 N–H and O–H groups in total. The second kappa shape index (κ2) is 3.48. The Kier molecular flexibility index (Phi) is 1.98. The second-order valence-corrected chi connectivity index (χ2v) is 5.98. The van der Waals surface area contributed by atoms with E-state index in [0.717, 1.165) is 6.42 Å². The van der Waals surface area contributed by atoms with E-state index in [1.807, 2.05) is 0 Å². The van der Waals surface area contributed by atoms with Gasteiger partial charge in [0.25, 0.3) is 0 Å². The zero-order valence-corrected chi connectivity index (χ0v) is 10.9. The van der Waals surface area contributed by atoms with Gasteiger partial charge in [-0.3, -0.25) is 0 Å². The SMILES string of the molecule is CC1(C#N)CC2c3ccccc3C1c1ccccc12. The van der Waals surface area contributed by atoms with Crippen LogP contribution in [-0.2, 0) is 0 Å². The fraction of sp³-hybridized carbons (Fsp3) is 0.278. The van der Waals surface area contributed by atoms with Crippen molar-refractivity contribution in [3.8, 4) is 6.07 Å². The molecule has 2 bridgehead atoms. The Morgan fingerprint density at radius 2 is 1.42 bits per heavy atom. The third kappa shape index (κ3) is 1.24. The fourth-order valence-electron chi connectivity index (χ4n) is 4.08. The summed E-state index contributed by atoms with van der Waals surface area (Å²) in [5.41, 5.74) is 5.31. The third-order valence-corrected chi connectivity index (χ3v) is 4.89. The van der Waals surface area contributed by atoms with Crippen molar-refractivity contribution in [2.75, 3.05) is 0 Å². The molecule has 1 heteroatoms. The molecule has 5 rings (SSSR count). The largest absolute Gasteiger partial charge is 0.198 e. The molecule has 3 aliphatic rings. The maximum atomic E-state index is 9.67. The van der Waals surface area contributed by atoms with Crippen molar-refractivity contribution in [2.45, 2.75) is 25.2 Å². The van der Waals surface area contributed by atoms with Crippen LogP contribution in [0, 0.1) is 16.7 Å². The third-order valence-electron chi connectivity index (χ3n) is 4.89. The van der Waals surface area contributed by atoms with E-state index in [0.29, 0.717) is 5.92 Å². The number of rotatable bonds is 0. The summed E-state index contributed by atoms with van der Waals surface area (Å²) in [5, 5.41) is 9.67. The number of nitrogens with zero attached hydrogens (tertiary/aromatic N) is 1. The average molecular weight is 245 g/mol. The molecule has 0 radical (unpaired) electrons. The van der Waals surface area contributed by atoms with Gasteiger partial charge in [-0.1, -0.05) is 48.5 Å². The maximum absolute atomic E-state index is 9.67. The molecule has 0 saturated carbocycles. The van der Waals surface area contributed by atoms with Gasteiger partial charge in [0.2, 0.25) is 0 Å². The molecule has 0 fully saturated rings. The van der Waals surface area contributed by atoms with Gasteiger partial charge in [0.15, 0.2) is 0 Å². The topological polar surface area (TPSA) is 23.8 Å². The number of nitriles is 1. The van der Waals surface area contributed by atoms with Crippen LogP contribution in [0.1, 0.15) is 47.4 Å². The highest BCUT2D eigenvalue weighted by Gasteiger charge is 2.50. The molecule has 0 aromatic heterocycles. The highest BCUT2D eigenvalue weighted by Crippen LogP contribution is 2.60. The van der Waals surface area contributed by atoms with E-state index in [1.54, 1.807) is 0 Å². The van der Waals surface area contributed by atoms with Gasteiger partial charge in [-0.15, -0.1) is 0 Å². The van der Waals surface area contributed by atoms with Gasteiger partial charge < -0.3 is 0 Å². The molecule has 2 aromatic carbocycles. The summed E-state index contributed by atoms with van der Waals surface area (Å²) in [5.74, 6) is 0.622. The number of hydrogen-bond donors (Lipinski definition) is 0. The molecule has 0 spiro atoms. The quantitative estimate of drug-likeness (QED) is 0.682. The smallest absolute Gasteiger partial charge is 0.0697 e. The van der Waals surface area contributed by atoms with Crippen molar-refractivity contribution in [2.24, 2.45) is 5.41 Å². The fourth-order valence-corrected chi connectivity index (χ4v) is 4.08. The van der Waals surface area contributed by atoms with Crippen molar-refractivity contribution < 1.29 is 0 Å². The van der Waals surface area contributed by atoms with E-state index in [9.17, 15) is 5.26 Å². The first-order chi connectivity index (χ1) is 9.24. The summed E-state index contributed by atoms with van der Waals surface area (Å²) in [6.07, 6.45) is 0.947. The minimum Gasteiger partial charge on any atom is -0.198 e. The van der Waals surface area contributed by atoms with Gasteiger partial charge in [-0.2, -0.15) is 5.26 Å². The van der Waals surface area contributed by atoms with Gasteiger partial charge in [-0.25, -0.2) is 0 Å². The molecule has 0 aliphatic heterocycles. The lowest BCUT2D eigenvalue weighted by molar-refractivity contribution is 0.290. The second-order valence-electron chi connectivity index (χ2n) is 5.98. The highest BCUT2D eigenvalue weighted by molar-refractivity contribution is 5.58. The maximum Gasteiger partial charge on any atom is 0.0697 e. The molecule has 0 saturated heterocycles. The van der Waals surface area contributed by atoms with Crippen LogP contribution in [0.15, 0.2) is 48.5 Å². The Balaban J connectivity index is 2.07. The minimum absolute atomic E-state index is 0.231. The molecular weight excluding hydrogens is 230 g/mol. The van der Waals surface area contributed by atoms with E-state index < -0.39 is 0 Å². The monoisotopic (exact) mass is 245 g/mol. The lowest BCUT2D eigenvalue weighted by Crippen LogP contribution is -2.38. The van der Waals surface area contributed by atoms with E-state index in [4.69, 9.17) is 0 Å². The Bertz CT molecular complexity index is 662. The van der Waals surface area contributed by atoms with E-state index in [1.165, 1.54) is 22.3 Å². The molecule has 3 aliphatic carbocycles. The lowest BCUT2D eigenvalue weighted by Gasteiger charge is -2.48. The van der Waals surface area contributed by atoms with Crippen molar-refractivity contribution in [3.05, 3.63) is 70.8 Å².